The van der Waals surface area contributed by atoms with Gasteiger partial charge >= 0.3 is 0 Å². The average Bonchev–Trinajstić information content (AvgIpc) is 3.56. The zero-order chi connectivity index (χ0) is 28.2. The Morgan fingerprint density at radius 3 is 2.66 bits per heavy atom. The van der Waals surface area contributed by atoms with Crippen molar-refractivity contribution in [3.05, 3.63) is 148 Å². The number of nitro groups is 1. The van der Waals surface area contributed by atoms with Gasteiger partial charge in [0, 0.05) is 29.3 Å². The van der Waals surface area contributed by atoms with Crippen molar-refractivity contribution >= 4 is 40.4 Å². The molecule has 3 aromatic carbocycles. The van der Waals surface area contributed by atoms with Gasteiger partial charge in [0.2, 0.25) is 0 Å². The number of non-ortho nitro benzene ring substituents is 1. The molecule has 0 amide bonds. The second-order valence-corrected chi connectivity index (χ2v) is 11.2. The van der Waals surface area contributed by atoms with Crippen LogP contribution in [0.3, 0.4) is 0 Å². The fourth-order valence-corrected chi connectivity index (χ4v) is 6.68. The number of aromatic nitrogens is 1. The summed E-state index contributed by atoms with van der Waals surface area (Å²) in [5, 5.41) is 11.5. The Labute approximate surface area is 241 Å². The molecule has 41 heavy (non-hydrogen) atoms. The van der Waals surface area contributed by atoms with Crippen LogP contribution >= 0.6 is 22.9 Å². The van der Waals surface area contributed by atoms with Crippen LogP contribution in [0.5, 0.6) is 0 Å². The van der Waals surface area contributed by atoms with Crippen LogP contribution in [-0.4, -0.2) is 9.49 Å². The molecule has 10 heteroatoms. The smallest absolute Gasteiger partial charge is 0.271 e. The van der Waals surface area contributed by atoms with E-state index in [2.05, 4.69) is 6.07 Å². The lowest BCUT2D eigenvalue weighted by atomic mass is 9.83. The first kappa shape index (κ1) is 25.4. The number of hydrogen-bond donors (Lipinski definition) is 0. The fraction of sp³-hybridized carbons (Fsp3) is 0.0968. The zero-order valence-corrected chi connectivity index (χ0v) is 22.8. The van der Waals surface area contributed by atoms with Crippen LogP contribution in [0, 0.1) is 15.9 Å². The van der Waals surface area contributed by atoms with Gasteiger partial charge in [-0.3, -0.25) is 19.5 Å². The third kappa shape index (κ3) is 4.34. The summed E-state index contributed by atoms with van der Waals surface area (Å²) in [7, 11) is 0. The number of benzene rings is 3. The fourth-order valence-electron chi connectivity index (χ4n) is 5.49. The standard InChI is InChI=1S/C31H19ClFN3O4S/c32-25-13-10-20(36(38)39)15-24(25)26-14-11-21(40-26)16-27-30(37)35-29(18-5-8-19(33)9-6-18)23-12-7-17-3-1-2-4-22(17)28(23)34-31(35)41-27/h1-6,8-11,13-16,29H,7,12H2/b27-16+/t29-/m0/s1. The molecular weight excluding hydrogens is 565 g/mol. The molecule has 5 aromatic rings. The van der Waals surface area contributed by atoms with Gasteiger partial charge in [0.1, 0.15) is 17.3 Å². The number of hydrogen-bond acceptors (Lipinski definition) is 6. The molecule has 202 valence electrons. The highest BCUT2D eigenvalue weighted by atomic mass is 35.5. The summed E-state index contributed by atoms with van der Waals surface area (Å²) in [4.78, 5) is 30.1. The van der Waals surface area contributed by atoms with E-state index in [1.165, 1.54) is 47.2 Å². The number of nitro benzene ring substituents is 1. The molecule has 0 radical (unpaired) electrons. The van der Waals surface area contributed by atoms with Crippen molar-refractivity contribution in [3.63, 3.8) is 0 Å². The summed E-state index contributed by atoms with van der Waals surface area (Å²) in [6.45, 7) is 0. The summed E-state index contributed by atoms with van der Waals surface area (Å²) < 4.78 is 21.9. The van der Waals surface area contributed by atoms with E-state index in [1.807, 2.05) is 18.2 Å². The Balaban J connectivity index is 1.38. The van der Waals surface area contributed by atoms with Crippen molar-refractivity contribution in [3.8, 4) is 11.3 Å². The number of allylic oxidation sites excluding steroid dienone is 1. The van der Waals surface area contributed by atoms with Gasteiger partial charge in [0.25, 0.3) is 11.2 Å². The molecule has 7 rings (SSSR count). The third-order valence-electron chi connectivity index (χ3n) is 7.39. The Morgan fingerprint density at radius 1 is 1.05 bits per heavy atom. The summed E-state index contributed by atoms with van der Waals surface area (Å²) in [5.74, 6) is 0.385. The number of halogens is 2. The van der Waals surface area contributed by atoms with Crippen LogP contribution in [0.25, 0.3) is 23.1 Å². The van der Waals surface area contributed by atoms with E-state index in [-0.39, 0.29) is 17.1 Å². The SMILES string of the molecule is O=c1/c(=C\c2ccc(-c3cc([N+](=O)[O-])ccc3Cl)o2)sc2n1[C@@H](c1ccc(F)cc1)C1=C(N=2)c2ccccc2CC1. The van der Waals surface area contributed by atoms with Crippen molar-refractivity contribution in [2.45, 2.75) is 18.9 Å². The highest BCUT2D eigenvalue weighted by Gasteiger charge is 2.32. The van der Waals surface area contributed by atoms with Crippen LogP contribution in [0.2, 0.25) is 5.02 Å². The van der Waals surface area contributed by atoms with Crippen LogP contribution in [-0.2, 0) is 6.42 Å². The van der Waals surface area contributed by atoms with Crippen LogP contribution in [0.4, 0.5) is 10.1 Å². The Kier molecular flexibility index (Phi) is 6.06. The van der Waals surface area contributed by atoms with E-state index in [9.17, 15) is 19.3 Å². The molecular formula is C31H19ClFN3O4S. The van der Waals surface area contributed by atoms with Crippen LogP contribution in [0.1, 0.15) is 34.9 Å². The minimum atomic E-state index is -0.500. The van der Waals surface area contributed by atoms with Crippen molar-refractivity contribution in [2.75, 3.05) is 0 Å². The first-order valence-electron chi connectivity index (χ1n) is 12.8. The average molecular weight is 584 g/mol. The minimum Gasteiger partial charge on any atom is -0.457 e. The van der Waals surface area contributed by atoms with Gasteiger partial charge in [-0.1, -0.05) is 59.3 Å². The molecule has 0 saturated carbocycles. The molecule has 1 aliphatic heterocycles. The number of nitrogens with zero attached hydrogens (tertiary/aromatic N) is 3. The second-order valence-electron chi connectivity index (χ2n) is 9.79. The molecule has 1 atom stereocenters. The van der Waals surface area contributed by atoms with Gasteiger partial charge in [0.15, 0.2) is 4.80 Å². The number of fused-ring (bicyclic) bond motifs is 3. The van der Waals surface area contributed by atoms with Crippen molar-refractivity contribution in [1.29, 1.82) is 0 Å². The summed E-state index contributed by atoms with van der Waals surface area (Å²) in [5.41, 5.74) is 4.97. The molecule has 0 bridgehead atoms. The maximum atomic E-state index is 13.9. The lowest BCUT2D eigenvalue weighted by molar-refractivity contribution is -0.384. The van der Waals surface area contributed by atoms with Crippen molar-refractivity contribution in [2.24, 2.45) is 4.99 Å². The van der Waals surface area contributed by atoms with Gasteiger partial charge in [-0.05, 0) is 59.9 Å². The molecule has 2 aromatic heterocycles. The predicted molar refractivity (Wildman–Crippen MR) is 155 cm³/mol. The topological polar surface area (TPSA) is 90.6 Å². The van der Waals surface area contributed by atoms with E-state index in [0.29, 0.717) is 31.4 Å². The first-order valence-corrected chi connectivity index (χ1v) is 14.0. The normalized spacial score (nSPS) is 16.1. The van der Waals surface area contributed by atoms with Crippen molar-refractivity contribution in [1.82, 2.24) is 4.57 Å². The quantitative estimate of drug-likeness (QED) is 0.184. The van der Waals surface area contributed by atoms with Gasteiger partial charge in [0.05, 0.1) is 26.2 Å². The van der Waals surface area contributed by atoms with E-state index in [0.717, 1.165) is 35.2 Å². The minimum absolute atomic E-state index is 0.109. The second kappa shape index (κ2) is 9.79. The molecule has 0 N–H and O–H groups in total. The highest BCUT2D eigenvalue weighted by molar-refractivity contribution is 7.07. The van der Waals surface area contributed by atoms with E-state index >= 15 is 0 Å². The largest absolute Gasteiger partial charge is 0.457 e. The summed E-state index contributed by atoms with van der Waals surface area (Å²) in [6, 6.07) is 21.4. The lowest BCUT2D eigenvalue weighted by Gasteiger charge is -2.30. The Bertz CT molecular complexity index is 2090. The van der Waals surface area contributed by atoms with Gasteiger partial charge in [-0.2, -0.15) is 0 Å². The Morgan fingerprint density at radius 2 is 1.85 bits per heavy atom. The monoisotopic (exact) mass is 583 g/mol. The molecule has 3 heterocycles. The van der Waals surface area contributed by atoms with Gasteiger partial charge in [-0.25, -0.2) is 9.38 Å². The maximum absolute atomic E-state index is 13.9. The van der Waals surface area contributed by atoms with Crippen LogP contribution < -0.4 is 14.9 Å². The van der Waals surface area contributed by atoms with E-state index in [1.54, 1.807) is 34.9 Å². The first-order chi connectivity index (χ1) is 19.9. The number of aryl methyl sites for hydroxylation is 1. The molecule has 0 spiro atoms. The van der Waals surface area contributed by atoms with E-state index in [4.69, 9.17) is 21.0 Å². The van der Waals surface area contributed by atoms with Crippen LogP contribution in [0.15, 0.2) is 98.6 Å². The molecule has 0 fully saturated rings. The Hall–Kier alpha value is -4.60. The molecule has 7 nitrogen and oxygen atoms in total. The van der Waals surface area contributed by atoms with Gasteiger partial charge in [-0.15, -0.1) is 0 Å². The number of furan rings is 1. The lowest BCUT2D eigenvalue weighted by Crippen LogP contribution is -2.38. The zero-order valence-electron chi connectivity index (χ0n) is 21.2. The number of rotatable bonds is 4. The van der Waals surface area contributed by atoms with Crippen molar-refractivity contribution < 1.29 is 13.7 Å². The highest BCUT2D eigenvalue weighted by Crippen LogP contribution is 2.41. The van der Waals surface area contributed by atoms with Gasteiger partial charge < -0.3 is 4.42 Å². The number of thiazole rings is 1. The van der Waals surface area contributed by atoms with E-state index < -0.39 is 11.0 Å². The predicted octanol–water partition coefficient (Wildman–Crippen LogP) is 6.28. The summed E-state index contributed by atoms with van der Waals surface area (Å²) >= 11 is 7.54. The molecule has 0 saturated heterocycles. The third-order valence-corrected chi connectivity index (χ3v) is 8.70. The molecule has 1 aliphatic carbocycles. The molecule has 2 aliphatic rings. The maximum Gasteiger partial charge on any atom is 0.271 e. The molecule has 0 unspecified atom stereocenters. The summed E-state index contributed by atoms with van der Waals surface area (Å²) in [6.07, 6.45) is 3.19.